The van der Waals surface area contributed by atoms with Gasteiger partial charge in [0.2, 0.25) is 0 Å². The van der Waals surface area contributed by atoms with E-state index in [0.29, 0.717) is 18.8 Å². The van der Waals surface area contributed by atoms with Gasteiger partial charge < -0.3 is 14.6 Å². The molecular weight excluding hydrogens is 498 g/mol. The summed E-state index contributed by atoms with van der Waals surface area (Å²) in [5.74, 6) is -0.00521. The lowest BCUT2D eigenvalue weighted by Gasteiger charge is -2.26. The van der Waals surface area contributed by atoms with E-state index < -0.39 is 12.6 Å². The van der Waals surface area contributed by atoms with Crippen LogP contribution in [-0.2, 0) is 24.2 Å². The fraction of sp³-hybridized carbons (Fsp3) is 0.424. The van der Waals surface area contributed by atoms with E-state index in [9.17, 15) is 13.6 Å². The Kier molecular flexibility index (Phi) is 11.3. The minimum Gasteiger partial charge on any atom is -0.489 e. The third kappa shape index (κ3) is 11.1. The van der Waals surface area contributed by atoms with Crippen LogP contribution in [0.5, 0.6) is 11.5 Å². The highest BCUT2D eigenvalue weighted by Crippen LogP contribution is 2.35. The van der Waals surface area contributed by atoms with Crippen molar-refractivity contribution in [1.82, 2.24) is 0 Å². The number of rotatable bonds is 13. The maximum absolute atomic E-state index is 12.8. The van der Waals surface area contributed by atoms with Crippen molar-refractivity contribution in [3.63, 3.8) is 0 Å². The molecule has 0 atom stereocenters. The summed E-state index contributed by atoms with van der Waals surface area (Å²) in [5.41, 5.74) is 4.92. The Labute approximate surface area is 231 Å². The summed E-state index contributed by atoms with van der Waals surface area (Å²) in [7, 11) is 0. The van der Waals surface area contributed by atoms with Gasteiger partial charge in [-0.15, -0.1) is 0 Å². The summed E-state index contributed by atoms with van der Waals surface area (Å²) in [6.07, 6.45) is 7.98. The molecule has 4 rings (SSSR count). The molecule has 1 aliphatic rings. The first-order valence-electron chi connectivity index (χ1n) is 13.8. The van der Waals surface area contributed by atoms with Crippen LogP contribution in [0.25, 0.3) is 11.1 Å². The smallest absolute Gasteiger partial charge is 0.387 e. The molecule has 1 saturated carbocycles. The normalized spacial score (nSPS) is 12.5. The van der Waals surface area contributed by atoms with E-state index in [1.165, 1.54) is 25.3 Å². The molecule has 6 heteroatoms. The number of aryl methyl sites for hydroxylation is 1. The first-order chi connectivity index (χ1) is 18.6. The quantitative estimate of drug-likeness (QED) is 0.236. The van der Waals surface area contributed by atoms with E-state index in [-0.39, 0.29) is 17.6 Å². The fourth-order valence-corrected chi connectivity index (χ4v) is 4.49. The standard InChI is InChI=1S/C30H34F2O4.C3H6/c1-4-15-30(2,3)19-24-16-22(20-35-25-9-5-7-21(17-25)12-14-28(33)34)11-13-27(24)23-8-6-10-26(18-23)36-29(31)32;1-2-3-1/h5-11,13,16-18,29H,4,12,14-15,19-20H2,1-3H3,(H,33,34);1-3H2. The van der Waals surface area contributed by atoms with Crippen LogP contribution >= 0.6 is 0 Å². The van der Waals surface area contributed by atoms with Crippen LogP contribution in [0, 0.1) is 5.41 Å². The number of carbonyl (C=O) groups is 1. The van der Waals surface area contributed by atoms with Gasteiger partial charge in [0.1, 0.15) is 18.1 Å². The van der Waals surface area contributed by atoms with Gasteiger partial charge in [0, 0.05) is 6.42 Å². The lowest BCUT2D eigenvalue weighted by atomic mass is 9.79. The summed E-state index contributed by atoms with van der Waals surface area (Å²) in [6.45, 7) is 4.14. The van der Waals surface area contributed by atoms with Gasteiger partial charge in [0.25, 0.3) is 0 Å². The van der Waals surface area contributed by atoms with Crippen molar-refractivity contribution in [3.8, 4) is 22.6 Å². The summed E-state index contributed by atoms with van der Waals surface area (Å²) < 4.78 is 36.2. The van der Waals surface area contributed by atoms with Crippen molar-refractivity contribution in [2.45, 2.75) is 85.4 Å². The van der Waals surface area contributed by atoms with Crippen LogP contribution in [0.1, 0.15) is 76.0 Å². The second-order valence-electron chi connectivity index (χ2n) is 10.9. The number of halogens is 2. The molecule has 0 heterocycles. The average Bonchev–Trinajstić information content (AvgIpc) is 3.76. The van der Waals surface area contributed by atoms with E-state index in [0.717, 1.165) is 47.1 Å². The zero-order valence-electron chi connectivity index (χ0n) is 23.2. The van der Waals surface area contributed by atoms with Gasteiger partial charge in [0.05, 0.1) is 0 Å². The second kappa shape index (κ2) is 14.7. The monoisotopic (exact) mass is 538 g/mol. The molecule has 4 nitrogen and oxygen atoms in total. The molecule has 1 fully saturated rings. The topological polar surface area (TPSA) is 55.8 Å². The van der Waals surface area contributed by atoms with E-state index in [4.69, 9.17) is 9.84 Å². The first kappa shape index (κ1) is 30.1. The molecular formula is C33H40F2O4. The molecule has 1 aliphatic carbocycles. The third-order valence-electron chi connectivity index (χ3n) is 6.42. The zero-order chi connectivity index (χ0) is 28.3. The Morgan fingerprint density at radius 1 is 0.949 bits per heavy atom. The Balaban J connectivity index is 0.00000131. The van der Waals surface area contributed by atoms with Crippen LogP contribution in [0.15, 0.2) is 66.7 Å². The first-order valence-corrected chi connectivity index (χ1v) is 13.8. The molecule has 0 aromatic heterocycles. The van der Waals surface area contributed by atoms with Gasteiger partial charge in [-0.1, -0.05) is 88.9 Å². The van der Waals surface area contributed by atoms with Crippen molar-refractivity contribution in [1.29, 1.82) is 0 Å². The lowest BCUT2D eigenvalue weighted by molar-refractivity contribution is -0.136. The van der Waals surface area contributed by atoms with Crippen molar-refractivity contribution >= 4 is 5.97 Å². The van der Waals surface area contributed by atoms with Crippen molar-refractivity contribution in [3.05, 3.63) is 83.4 Å². The van der Waals surface area contributed by atoms with Gasteiger partial charge in [-0.2, -0.15) is 8.78 Å². The van der Waals surface area contributed by atoms with E-state index >= 15 is 0 Å². The highest BCUT2D eigenvalue weighted by atomic mass is 19.3. The number of carboxylic acids is 1. The number of alkyl halides is 2. The number of hydrogen-bond acceptors (Lipinski definition) is 3. The number of ether oxygens (including phenoxy) is 2. The van der Waals surface area contributed by atoms with Crippen molar-refractivity contribution in [2.75, 3.05) is 0 Å². The van der Waals surface area contributed by atoms with Crippen molar-refractivity contribution < 1.29 is 28.2 Å². The highest BCUT2D eigenvalue weighted by Gasteiger charge is 2.20. The van der Waals surface area contributed by atoms with Gasteiger partial charge in [-0.3, -0.25) is 4.79 Å². The van der Waals surface area contributed by atoms with Gasteiger partial charge in [0.15, 0.2) is 0 Å². The van der Waals surface area contributed by atoms with Crippen LogP contribution < -0.4 is 9.47 Å². The largest absolute Gasteiger partial charge is 0.489 e. The Bertz CT molecular complexity index is 1200. The Hall–Kier alpha value is -3.41. The fourth-order valence-electron chi connectivity index (χ4n) is 4.49. The average molecular weight is 539 g/mol. The molecule has 210 valence electrons. The molecule has 0 spiro atoms. The molecule has 3 aromatic carbocycles. The van der Waals surface area contributed by atoms with E-state index in [2.05, 4.69) is 31.6 Å². The second-order valence-corrected chi connectivity index (χ2v) is 10.9. The Morgan fingerprint density at radius 2 is 1.67 bits per heavy atom. The predicted molar refractivity (Wildman–Crippen MR) is 151 cm³/mol. The molecule has 0 radical (unpaired) electrons. The minimum absolute atomic E-state index is 0.0680. The lowest BCUT2D eigenvalue weighted by Crippen LogP contribution is -2.15. The van der Waals surface area contributed by atoms with Crippen LogP contribution in [0.3, 0.4) is 0 Å². The van der Waals surface area contributed by atoms with Crippen LogP contribution in [0.4, 0.5) is 8.78 Å². The Morgan fingerprint density at radius 3 is 2.33 bits per heavy atom. The highest BCUT2D eigenvalue weighted by molar-refractivity contribution is 5.69. The maximum Gasteiger partial charge on any atom is 0.387 e. The van der Waals surface area contributed by atoms with Gasteiger partial charge >= 0.3 is 12.6 Å². The molecule has 0 unspecified atom stereocenters. The summed E-state index contributed by atoms with van der Waals surface area (Å²) in [4.78, 5) is 10.9. The zero-order valence-corrected chi connectivity index (χ0v) is 23.2. The van der Waals surface area contributed by atoms with Gasteiger partial charge in [-0.25, -0.2) is 0 Å². The number of aliphatic carboxylic acids is 1. The molecule has 1 N–H and O–H groups in total. The van der Waals surface area contributed by atoms with Crippen molar-refractivity contribution in [2.24, 2.45) is 5.41 Å². The van der Waals surface area contributed by atoms with Gasteiger partial charge in [-0.05, 0) is 76.8 Å². The summed E-state index contributed by atoms with van der Waals surface area (Å²) in [6, 6.07) is 20.4. The molecule has 3 aromatic rings. The molecule has 0 amide bonds. The van der Waals surface area contributed by atoms with Crippen LogP contribution in [-0.4, -0.2) is 17.7 Å². The molecule has 39 heavy (non-hydrogen) atoms. The van der Waals surface area contributed by atoms with E-state index in [1.54, 1.807) is 12.1 Å². The summed E-state index contributed by atoms with van der Waals surface area (Å²) in [5, 5.41) is 8.92. The minimum atomic E-state index is -2.87. The molecule has 0 saturated heterocycles. The van der Waals surface area contributed by atoms with Crippen LogP contribution in [0.2, 0.25) is 0 Å². The molecule has 0 aliphatic heterocycles. The molecule has 0 bridgehead atoms. The number of hydrogen-bond donors (Lipinski definition) is 1. The SMILES string of the molecule is C1CC1.CCCC(C)(C)Cc1cc(COc2cccc(CCC(=O)O)c2)ccc1-c1cccc(OC(F)F)c1. The number of benzene rings is 3. The predicted octanol–water partition coefficient (Wildman–Crippen LogP) is 9.09. The number of carboxylic acid groups (broad SMARTS) is 1. The third-order valence-corrected chi connectivity index (χ3v) is 6.42. The summed E-state index contributed by atoms with van der Waals surface area (Å²) >= 11 is 0. The van der Waals surface area contributed by atoms with E-state index in [1.807, 2.05) is 42.5 Å². The maximum atomic E-state index is 12.8.